The Morgan fingerprint density at radius 3 is 2.48 bits per heavy atom. The fourth-order valence-corrected chi connectivity index (χ4v) is 4.07. The van der Waals surface area contributed by atoms with Crippen molar-refractivity contribution in [2.75, 3.05) is 27.4 Å². The summed E-state index contributed by atoms with van der Waals surface area (Å²) in [7, 11) is 5.43. The summed E-state index contributed by atoms with van der Waals surface area (Å²) in [5.74, 6) is 3.42. The molecule has 8 nitrogen and oxygen atoms in total. The van der Waals surface area contributed by atoms with Crippen LogP contribution in [0.25, 0.3) is 0 Å². The quantitative estimate of drug-likeness (QED) is 0.447. The summed E-state index contributed by atoms with van der Waals surface area (Å²) in [6, 6.07) is 8.02. The maximum Gasteiger partial charge on any atom is 0.191 e. The van der Waals surface area contributed by atoms with Crippen LogP contribution >= 0.6 is 0 Å². The summed E-state index contributed by atoms with van der Waals surface area (Å²) in [5.41, 5.74) is 1.41. The lowest BCUT2D eigenvalue weighted by molar-refractivity contribution is 0.138. The van der Waals surface area contributed by atoms with Crippen molar-refractivity contribution in [1.29, 1.82) is 0 Å². The first kappa shape index (κ1) is 23.1. The zero-order chi connectivity index (χ0) is 22.1. The molecule has 1 fully saturated rings. The zero-order valence-electron chi connectivity index (χ0n) is 19.3. The van der Waals surface area contributed by atoms with E-state index in [2.05, 4.69) is 20.8 Å². The minimum absolute atomic E-state index is 0.278. The third-order valence-electron chi connectivity index (χ3n) is 6.31. The number of aromatic nitrogens is 3. The van der Waals surface area contributed by atoms with Gasteiger partial charge in [0.05, 0.1) is 20.2 Å². The van der Waals surface area contributed by atoms with Gasteiger partial charge in [0.1, 0.15) is 11.6 Å². The number of aliphatic imine (C=N–C) groups is 1. The number of guanidine groups is 1. The second kappa shape index (κ2) is 11.1. The van der Waals surface area contributed by atoms with E-state index in [4.69, 9.17) is 14.5 Å². The normalized spacial score (nSPS) is 15.8. The van der Waals surface area contributed by atoms with Gasteiger partial charge in [-0.3, -0.25) is 0 Å². The first-order valence-electron chi connectivity index (χ1n) is 11.0. The third-order valence-corrected chi connectivity index (χ3v) is 6.31. The Kier molecular flexibility index (Phi) is 8.28. The van der Waals surface area contributed by atoms with E-state index in [1.165, 1.54) is 25.7 Å². The van der Waals surface area contributed by atoms with Gasteiger partial charge in [-0.25, -0.2) is 4.99 Å². The second-order valence-corrected chi connectivity index (χ2v) is 8.39. The molecule has 0 saturated heterocycles. The molecule has 2 aromatic rings. The Hall–Kier alpha value is -2.61. The molecule has 1 aromatic carbocycles. The van der Waals surface area contributed by atoms with E-state index in [1.54, 1.807) is 14.2 Å². The summed E-state index contributed by atoms with van der Waals surface area (Å²) in [4.78, 5) is 4.84. The van der Waals surface area contributed by atoms with Gasteiger partial charge < -0.3 is 24.7 Å². The van der Waals surface area contributed by atoms with Gasteiger partial charge in [-0.1, -0.05) is 25.0 Å². The van der Waals surface area contributed by atoms with Crippen LogP contribution in [0.1, 0.15) is 49.3 Å². The lowest BCUT2D eigenvalue weighted by Crippen LogP contribution is -2.43. The Bertz CT molecular complexity index is 840. The number of hydrogen-bond donors (Lipinski definition) is 2. The molecule has 0 spiro atoms. The van der Waals surface area contributed by atoms with Crippen LogP contribution in [0, 0.1) is 12.3 Å². The summed E-state index contributed by atoms with van der Waals surface area (Å²) in [5, 5.41) is 15.4. The molecule has 1 aromatic heterocycles. The van der Waals surface area contributed by atoms with Crippen LogP contribution in [0.2, 0.25) is 0 Å². The summed E-state index contributed by atoms with van der Waals surface area (Å²) < 4.78 is 12.6. The van der Waals surface area contributed by atoms with E-state index in [9.17, 15) is 0 Å². The van der Waals surface area contributed by atoms with Crippen molar-refractivity contribution < 1.29 is 9.47 Å². The van der Waals surface area contributed by atoms with Crippen molar-refractivity contribution in [2.24, 2.45) is 17.5 Å². The van der Waals surface area contributed by atoms with Crippen LogP contribution in [0.4, 0.5) is 0 Å². The molecular weight excluding hydrogens is 392 g/mol. The molecule has 0 radical (unpaired) electrons. The predicted octanol–water partition coefficient (Wildman–Crippen LogP) is 2.96. The van der Waals surface area contributed by atoms with Crippen molar-refractivity contribution in [3.05, 3.63) is 41.5 Å². The lowest BCUT2D eigenvalue weighted by Gasteiger charge is -2.30. The van der Waals surface area contributed by atoms with E-state index in [-0.39, 0.29) is 5.41 Å². The van der Waals surface area contributed by atoms with Crippen molar-refractivity contribution in [3.8, 4) is 5.75 Å². The topological polar surface area (TPSA) is 85.6 Å². The molecule has 1 aliphatic rings. The monoisotopic (exact) mass is 428 g/mol. The molecule has 0 atom stereocenters. The van der Waals surface area contributed by atoms with Gasteiger partial charge in [-0.05, 0) is 49.3 Å². The number of aryl methyl sites for hydroxylation is 1. The average Bonchev–Trinajstić information content (AvgIpc) is 3.39. The standard InChI is InChI=1S/C23H36N6O2/c1-18-27-28-21(29(18)2)16-25-22(24-15-19-7-9-20(31-4)10-8-19)26-17-23(13-14-30-3)11-5-6-12-23/h7-10H,5-6,11-17H2,1-4H3,(H2,24,25,26). The Balaban J connectivity index is 1.68. The molecule has 8 heteroatoms. The zero-order valence-corrected chi connectivity index (χ0v) is 19.3. The SMILES string of the molecule is COCCC1(CNC(=NCc2ccc(OC)cc2)NCc2nnc(C)n2C)CCCC1. The summed E-state index contributed by atoms with van der Waals surface area (Å²) in [6.45, 7) is 4.79. The number of benzene rings is 1. The molecule has 1 heterocycles. The number of rotatable bonds is 10. The number of methoxy groups -OCH3 is 2. The average molecular weight is 429 g/mol. The van der Waals surface area contributed by atoms with Crippen LogP contribution in [-0.4, -0.2) is 48.1 Å². The van der Waals surface area contributed by atoms with Crippen LogP contribution in [-0.2, 0) is 24.9 Å². The molecule has 31 heavy (non-hydrogen) atoms. The van der Waals surface area contributed by atoms with Gasteiger partial charge in [0.25, 0.3) is 0 Å². The van der Waals surface area contributed by atoms with E-state index in [1.807, 2.05) is 42.8 Å². The smallest absolute Gasteiger partial charge is 0.191 e. The maximum absolute atomic E-state index is 5.38. The molecule has 0 aliphatic heterocycles. The minimum atomic E-state index is 0.278. The van der Waals surface area contributed by atoms with Crippen molar-refractivity contribution in [2.45, 2.75) is 52.1 Å². The van der Waals surface area contributed by atoms with Gasteiger partial charge in [-0.15, -0.1) is 10.2 Å². The largest absolute Gasteiger partial charge is 0.497 e. The predicted molar refractivity (Wildman–Crippen MR) is 122 cm³/mol. The lowest BCUT2D eigenvalue weighted by atomic mass is 9.83. The first-order chi connectivity index (χ1) is 15.0. The van der Waals surface area contributed by atoms with Gasteiger partial charge >= 0.3 is 0 Å². The van der Waals surface area contributed by atoms with Crippen LogP contribution in [0.15, 0.2) is 29.3 Å². The van der Waals surface area contributed by atoms with Crippen molar-refractivity contribution in [1.82, 2.24) is 25.4 Å². The van der Waals surface area contributed by atoms with E-state index < -0.39 is 0 Å². The Labute approximate surface area is 185 Å². The van der Waals surface area contributed by atoms with E-state index in [0.717, 1.165) is 48.5 Å². The second-order valence-electron chi connectivity index (χ2n) is 8.39. The van der Waals surface area contributed by atoms with Crippen LogP contribution in [0.3, 0.4) is 0 Å². The highest BCUT2D eigenvalue weighted by Gasteiger charge is 2.33. The highest BCUT2D eigenvalue weighted by atomic mass is 16.5. The van der Waals surface area contributed by atoms with Gasteiger partial charge in [0.15, 0.2) is 11.8 Å². The summed E-state index contributed by atoms with van der Waals surface area (Å²) in [6.07, 6.45) is 6.12. The van der Waals surface area contributed by atoms with E-state index >= 15 is 0 Å². The van der Waals surface area contributed by atoms with Gasteiger partial charge in [-0.2, -0.15) is 0 Å². The number of ether oxygens (including phenoxy) is 2. The number of hydrogen-bond acceptors (Lipinski definition) is 5. The number of nitrogens with one attached hydrogen (secondary N) is 2. The Morgan fingerprint density at radius 2 is 1.87 bits per heavy atom. The molecule has 3 rings (SSSR count). The van der Waals surface area contributed by atoms with Crippen LogP contribution < -0.4 is 15.4 Å². The van der Waals surface area contributed by atoms with Crippen molar-refractivity contribution in [3.63, 3.8) is 0 Å². The molecule has 1 saturated carbocycles. The van der Waals surface area contributed by atoms with Gasteiger partial charge in [0.2, 0.25) is 0 Å². The molecule has 170 valence electrons. The fourth-order valence-electron chi connectivity index (χ4n) is 4.07. The number of nitrogens with zero attached hydrogens (tertiary/aromatic N) is 4. The van der Waals surface area contributed by atoms with Crippen LogP contribution in [0.5, 0.6) is 5.75 Å². The highest BCUT2D eigenvalue weighted by Crippen LogP contribution is 2.40. The molecular formula is C23H36N6O2. The van der Waals surface area contributed by atoms with Crippen molar-refractivity contribution >= 4 is 5.96 Å². The molecule has 0 amide bonds. The minimum Gasteiger partial charge on any atom is -0.497 e. The molecule has 2 N–H and O–H groups in total. The highest BCUT2D eigenvalue weighted by molar-refractivity contribution is 5.79. The fraction of sp³-hybridized carbons (Fsp3) is 0.609. The molecule has 0 unspecified atom stereocenters. The summed E-state index contributed by atoms with van der Waals surface area (Å²) >= 11 is 0. The first-order valence-corrected chi connectivity index (χ1v) is 11.0. The maximum atomic E-state index is 5.38. The van der Waals surface area contributed by atoms with Gasteiger partial charge in [0, 0.05) is 27.3 Å². The van der Waals surface area contributed by atoms with E-state index in [0.29, 0.717) is 13.1 Å². The third kappa shape index (κ3) is 6.43. The Morgan fingerprint density at radius 1 is 1.13 bits per heavy atom. The molecule has 1 aliphatic carbocycles. The molecule has 0 bridgehead atoms.